The maximum Gasteiger partial charge on any atom is 0.188 e. The van der Waals surface area contributed by atoms with Gasteiger partial charge in [0.05, 0.1) is 0 Å². The van der Waals surface area contributed by atoms with Crippen molar-refractivity contribution in [2.45, 2.75) is 0 Å². The van der Waals surface area contributed by atoms with Crippen LogP contribution < -0.4 is 4.90 Å². The fourth-order valence-corrected chi connectivity index (χ4v) is 2.68. The highest BCUT2D eigenvalue weighted by Gasteiger charge is 2.10. The molecular weight excluding hydrogens is 284 g/mol. The van der Waals surface area contributed by atoms with E-state index in [0.717, 1.165) is 27.7 Å². The fourth-order valence-electron chi connectivity index (χ4n) is 2.68. The molecule has 2 aromatic carbocycles. The second-order valence-corrected chi connectivity index (χ2v) is 5.85. The normalized spacial score (nSPS) is 11.3. The third kappa shape index (κ3) is 3.04. The van der Waals surface area contributed by atoms with Gasteiger partial charge >= 0.3 is 0 Å². The van der Waals surface area contributed by atoms with Gasteiger partial charge in [-0.05, 0) is 29.8 Å². The summed E-state index contributed by atoms with van der Waals surface area (Å²) in [6.07, 6.45) is 5.41. The average Bonchev–Trinajstić information content (AvgIpc) is 2.90. The van der Waals surface area contributed by atoms with Crippen LogP contribution in [-0.4, -0.2) is 24.4 Å². The molecule has 116 valence electrons. The van der Waals surface area contributed by atoms with Crippen molar-refractivity contribution in [2.75, 3.05) is 19.0 Å². The van der Waals surface area contributed by atoms with Crippen LogP contribution in [-0.2, 0) is 7.05 Å². The second-order valence-electron chi connectivity index (χ2n) is 5.85. The molecule has 1 heterocycles. The summed E-state index contributed by atoms with van der Waals surface area (Å²) in [7, 11) is 5.98. The minimum Gasteiger partial charge on any atom is -0.378 e. The Morgan fingerprint density at radius 1 is 1.04 bits per heavy atom. The maximum absolute atomic E-state index is 12.5. The van der Waals surface area contributed by atoms with E-state index in [1.165, 1.54) is 0 Å². The molecule has 3 aromatic rings. The number of aryl methyl sites for hydroxylation is 1. The smallest absolute Gasteiger partial charge is 0.188 e. The van der Waals surface area contributed by atoms with Gasteiger partial charge in [0, 0.05) is 49.5 Å². The fraction of sp³-hybridized carbons (Fsp3) is 0.150. The minimum atomic E-state index is 0.0264. The lowest BCUT2D eigenvalue weighted by molar-refractivity contribution is 0.104. The summed E-state index contributed by atoms with van der Waals surface area (Å²) < 4.78 is 1.99. The quantitative estimate of drug-likeness (QED) is 0.534. The van der Waals surface area contributed by atoms with E-state index in [-0.39, 0.29) is 5.78 Å². The van der Waals surface area contributed by atoms with Gasteiger partial charge in [0.2, 0.25) is 0 Å². The Labute approximate surface area is 136 Å². The topological polar surface area (TPSA) is 25.2 Å². The van der Waals surface area contributed by atoms with Crippen molar-refractivity contribution in [3.63, 3.8) is 0 Å². The lowest BCUT2D eigenvalue weighted by Gasteiger charge is -2.11. The number of benzene rings is 2. The zero-order chi connectivity index (χ0) is 16.4. The number of aromatic nitrogens is 1. The monoisotopic (exact) mass is 304 g/mol. The summed E-state index contributed by atoms with van der Waals surface area (Å²) >= 11 is 0. The Morgan fingerprint density at radius 2 is 1.74 bits per heavy atom. The van der Waals surface area contributed by atoms with Gasteiger partial charge in [-0.25, -0.2) is 0 Å². The first-order valence-electron chi connectivity index (χ1n) is 7.60. The van der Waals surface area contributed by atoms with Crippen LogP contribution in [0.3, 0.4) is 0 Å². The number of rotatable bonds is 4. The third-order valence-electron chi connectivity index (χ3n) is 4.00. The summed E-state index contributed by atoms with van der Waals surface area (Å²) in [4.78, 5) is 14.6. The first-order chi connectivity index (χ1) is 11.1. The van der Waals surface area contributed by atoms with E-state index in [1.807, 2.05) is 86.5 Å². The maximum atomic E-state index is 12.5. The molecule has 23 heavy (non-hydrogen) atoms. The van der Waals surface area contributed by atoms with E-state index < -0.39 is 0 Å². The molecule has 0 bridgehead atoms. The molecule has 0 amide bonds. The van der Waals surface area contributed by atoms with E-state index in [2.05, 4.69) is 4.90 Å². The molecule has 3 nitrogen and oxygen atoms in total. The van der Waals surface area contributed by atoms with Crippen molar-refractivity contribution < 1.29 is 4.79 Å². The standard InChI is InChI=1S/C20H20N2O/c1-21(2)16-11-8-15(9-12-16)10-13-20(23)18-14-22(3)19-7-5-4-6-17(18)19/h4-14H,1-3H3/b13-10+. The molecule has 0 saturated heterocycles. The molecule has 3 heteroatoms. The van der Waals surface area contributed by atoms with Crippen LogP contribution in [0.1, 0.15) is 15.9 Å². The van der Waals surface area contributed by atoms with Crippen LogP contribution in [0.5, 0.6) is 0 Å². The Morgan fingerprint density at radius 3 is 2.43 bits per heavy atom. The van der Waals surface area contributed by atoms with Gasteiger partial charge in [-0.15, -0.1) is 0 Å². The first kappa shape index (κ1) is 15.1. The second kappa shape index (κ2) is 6.13. The summed E-state index contributed by atoms with van der Waals surface area (Å²) in [5.41, 5.74) is 3.97. The van der Waals surface area contributed by atoms with Crippen molar-refractivity contribution in [1.82, 2.24) is 4.57 Å². The third-order valence-corrected chi connectivity index (χ3v) is 4.00. The van der Waals surface area contributed by atoms with Gasteiger partial charge in [0.1, 0.15) is 0 Å². The van der Waals surface area contributed by atoms with Gasteiger partial charge in [-0.2, -0.15) is 0 Å². The van der Waals surface area contributed by atoms with Crippen molar-refractivity contribution in [3.05, 3.63) is 71.9 Å². The van der Waals surface area contributed by atoms with Crippen molar-refractivity contribution in [2.24, 2.45) is 7.05 Å². The summed E-state index contributed by atoms with van der Waals surface area (Å²) in [6, 6.07) is 16.1. The summed E-state index contributed by atoms with van der Waals surface area (Å²) in [5, 5.41) is 0.993. The van der Waals surface area contributed by atoms with Crippen LogP contribution in [0.4, 0.5) is 5.69 Å². The molecule has 0 N–H and O–H groups in total. The van der Waals surface area contributed by atoms with Crippen LogP contribution in [0.2, 0.25) is 0 Å². The number of carbonyl (C=O) groups is 1. The average molecular weight is 304 g/mol. The van der Waals surface area contributed by atoms with Gasteiger partial charge in [0.15, 0.2) is 5.78 Å². The zero-order valence-electron chi connectivity index (χ0n) is 13.7. The molecule has 0 aliphatic rings. The number of ketones is 1. The molecule has 0 fully saturated rings. The Kier molecular flexibility index (Phi) is 4.02. The van der Waals surface area contributed by atoms with Gasteiger partial charge in [0.25, 0.3) is 0 Å². The number of para-hydroxylation sites is 1. The molecule has 0 atom stereocenters. The Balaban J connectivity index is 1.85. The van der Waals surface area contributed by atoms with E-state index in [9.17, 15) is 4.79 Å². The van der Waals surface area contributed by atoms with Crippen molar-refractivity contribution in [1.29, 1.82) is 0 Å². The number of hydrogen-bond acceptors (Lipinski definition) is 2. The summed E-state index contributed by atoms with van der Waals surface area (Å²) in [6.45, 7) is 0. The number of anilines is 1. The Hall–Kier alpha value is -2.81. The number of carbonyl (C=O) groups excluding carboxylic acids is 1. The number of allylic oxidation sites excluding steroid dienone is 1. The predicted molar refractivity (Wildman–Crippen MR) is 97.1 cm³/mol. The van der Waals surface area contributed by atoms with Gasteiger partial charge in [-0.1, -0.05) is 36.4 Å². The lowest BCUT2D eigenvalue weighted by atomic mass is 10.1. The molecule has 0 aliphatic heterocycles. The molecule has 0 unspecified atom stereocenters. The van der Waals surface area contributed by atoms with Crippen LogP contribution in [0, 0.1) is 0 Å². The van der Waals surface area contributed by atoms with Crippen LogP contribution in [0.25, 0.3) is 17.0 Å². The zero-order valence-corrected chi connectivity index (χ0v) is 13.7. The van der Waals surface area contributed by atoms with Crippen LogP contribution >= 0.6 is 0 Å². The highest BCUT2D eigenvalue weighted by molar-refractivity contribution is 6.14. The first-order valence-corrected chi connectivity index (χ1v) is 7.60. The van der Waals surface area contributed by atoms with E-state index in [4.69, 9.17) is 0 Å². The van der Waals surface area contributed by atoms with Crippen molar-refractivity contribution in [3.8, 4) is 0 Å². The van der Waals surface area contributed by atoms with Crippen molar-refractivity contribution >= 4 is 28.4 Å². The summed E-state index contributed by atoms with van der Waals surface area (Å²) in [5.74, 6) is 0.0264. The number of fused-ring (bicyclic) bond motifs is 1. The SMILES string of the molecule is CN(C)c1ccc(/C=C/C(=O)c2cn(C)c3ccccc23)cc1. The predicted octanol–water partition coefficient (Wildman–Crippen LogP) is 4.14. The molecule has 0 aliphatic carbocycles. The number of nitrogens with zero attached hydrogens (tertiary/aromatic N) is 2. The van der Waals surface area contributed by atoms with E-state index >= 15 is 0 Å². The van der Waals surface area contributed by atoms with Gasteiger partial charge < -0.3 is 9.47 Å². The highest BCUT2D eigenvalue weighted by atomic mass is 16.1. The Bertz CT molecular complexity index is 870. The number of hydrogen-bond donors (Lipinski definition) is 0. The molecule has 1 aromatic heterocycles. The molecule has 3 rings (SSSR count). The molecule has 0 spiro atoms. The van der Waals surface area contributed by atoms with E-state index in [0.29, 0.717) is 0 Å². The minimum absolute atomic E-state index is 0.0264. The van der Waals surface area contributed by atoms with Gasteiger partial charge in [-0.3, -0.25) is 4.79 Å². The lowest BCUT2D eigenvalue weighted by Crippen LogP contribution is -2.07. The van der Waals surface area contributed by atoms with E-state index in [1.54, 1.807) is 6.08 Å². The molecule has 0 saturated carbocycles. The largest absolute Gasteiger partial charge is 0.378 e. The highest BCUT2D eigenvalue weighted by Crippen LogP contribution is 2.21. The molecule has 0 radical (unpaired) electrons. The molecular formula is C20H20N2O. The van der Waals surface area contributed by atoms with Crippen LogP contribution in [0.15, 0.2) is 60.8 Å².